The highest BCUT2D eigenvalue weighted by Gasteiger charge is 2.33. The van der Waals surface area contributed by atoms with Crippen LogP contribution >= 0.6 is 0 Å². The van der Waals surface area contributed by atoms with Crippen LogP contribution in [0.3, 0.4) is 0 Å². The van der Waals surface area contributed by atoms with Gasteiger partial charge in [0.15, 0.2) is 5.78 Å². The fraction of sp³-hybridized carbons (Fsp3) is 0.529. The molecule has 0 radical (unpaired) electrons. The van der Waals surface area contributed by atoms with Gasteiger partial charge >= 0.3 is 6.09 Å². The predicted octanol–water partition coefficient (Wildman–Crippen LogP) is 3.43. The first-order valence-corrected chi connectivity index (χ1v) is 7.35. The number of likely N-dealkylation sites (tertiary alicyclic amines) is 1. The Morgan fingerprint density at radius 3 is 2.38 bits per heavy atom. The van der Waals surface area contributed by atoms with E-state index in [0.29, 0.717) is 19.5 Å². The predicted molar refractivity (Wildman–Crippen MR) is 81.4 cm³/mol. The summed E-state index contributed by atoms with van der Waals surface area (Å²) in [5, 5.41) is 0. The Morgan fingerprint density at radius 2 is 1.81 bits per heavy atom. The van der Waals surface area contributed by atoms with Crippen LogP contribution in [-0.4, -0.2) is 35.5 Å². The van der Waals surface area contributed by atoms with E-state index in [1.807, 2.05) is 52.0 Å². The number of ketones is 1. The second-order valence-electron chi connectivity index (χ2n) is 6.64. The Hall–Kier alpha value is -1.84. The third-order valence-electron chi connectivity index (χ3n) is 3.55. The summed E-state index contributed by atoms with van der Waals surface area (Å²) in [5.41, 5.74) is 1.35. The van der Waals surface area contributed by atoms with Crippen molar-refractivity contribution >= 4 is 11.9 Å². The molecular weight excluding hydrogens is 266 g/mol. The largest absolute Gasteiger partial charge is 0.444 e. The van der Waals surface area contributed by atoms with Gasteiger partial charge in [0.2, 0.25) is 0 Å². The maximum Gasteiger partial charge on any atom is 0.410 e. The Morgan fingerprint density at radius 1 is 1.19 bits per heavy atom. The molecule has 1 amide bonds. The molecule has 2 rings (SSSR count). The van der Waals surface area contributed by atoms with Gasteiger partial charge in [-0.2, -0.15) is 0 Å². The first kappa shape index (κ1) is 15.5. The molecule has 1 saturated heterocycles. The lowest BCUT2D eigenvalue weighted by Crippen LogP contribution is -2.35. The van der Waals surface area contributed by atoms with Crippen LogP contribution in [-0.2, 0) is 4.74 Å². The van der Waals surface area contributed by atoms with Crippen molar-refractivity contribution in [2.24, 2.45) is 5.92 Å². The summed E-state index contributed by atoms with van der Waals surface area (Å²) in [6, 6.07) is 7.59. The molecule has 1 unspecified atom stereocenters. The van der Waals surface area contributed by atoms with Gasteiger partial charge in [0.25, 0.3) is 0 Å². The molecule has 1 aliphatic rings. The quantitative estimate of drug-likeness (QED) is 0.784. The van der Waals surface area contributed by atoms with Crippen molar-refractivity contribution in [2.45, 2.75) is 39.7 Å². The van der Waals surface area contributed by atoms with Crippen molar-refractivity contribution in [3.8, 4) is 0 Å². The highest BCUT2D eigenvalue weighted by molar-refractivity contribution is 5.98. The minimum atomic E-state index is -0.504. The first-order chi connectivity index (χ1) is 9.76. The number of carbonyl (C=O) groups is 2. The molecule has 0 N–H and O–H groups in total. The monoisotopic (exact) mass is 289 g/mol. The van der Waals surface area contributed by atoms with Gasteiger partial charge in [0.05, 0.1) is 0 Å². The highest BCUT2D eigenvalue weighted by Crippen LogP contribution is 2.23. The number of hydrogen-bond acceptors (Lipinski definition) is 3. The van der Waals surface area contributed by atoms with Crippen molar-refractivity contribution in [3.63, 3.8) is 0 Å². The first-order valence-electron chi connectivity index (χ1n) is 7.35. The highest BCUT2D eigenvalue weighted by atomic mass is 16.6. The fourth-order valence-electron chi connectivity index (χ4n) is 2.42. The topological polar surface area (TPSA) is 46.6 Å². The standard InChI is InChI=1S/C17H23NO3/c1-12-5-7-13(8-6-12)15(19)14-9-10-18(11-14)16(20)21-17(2,3)4/h5-8,14H,9-11H2,1-4H3. The zero-order chi connectivity index (χ0) is 15.6. The van der Waals surface area contributed by atoms with Crippen LogP contribution in [0.2, 0.25) is 0 Å². The van der Waals surface area contributed by atoms with Gasteiger partial charge in [-0.3, -0.25) is 4.79 Å². The van der Waals surface area contributed by atoms with Gasteiger partial charge in [-0.1, -0.05) is 29.8 Å². The smallest absolute Gasteiger partial charge is 0.410 e. The van der Waals surface area contributed by atoms with E-state index in [4.69, 9.17) is 4.74 Å². The summed E-state index contributed by atoms with van der Waals surface area (Å²) < 4.78 is 5.35. The maximum atomic E-state index is 12.4. The zero-order valence-electron chi connectivity index (χ0n) is 13.2. The van der Waals surface area contributed by atoms with Gasteiger partial charge in [-0.15, -0.1) is 0 Å². The third kappa shape index (κ3) is 4.06. The Balaban J connectivity index is 1.97. The van der Waals surface area contributed by atoms with Crippen molar-refractivity contribution in [1.82, 2.24) is 4.90 Å². The lowest BCUT2D eigenvalue weighted by atomic mass is 9.96. The Labute approximate surface area is 126 Å². The van der Waals surface area contributed by atoms with Gasteiger partial charge < -0.3 is 9.64 Å². The summed E-state index contributed by atoms with van der Waals surface area (Å²) in [7, 11) is 0. The number of benzene rings is 1. The molecule has 1 aromatic carbocycles. The molecule has 0 spiro atoms. The molecule has 0 saturated carbocycles. The second-order valence-corrected chi connectivity index (χ2v) is 6.64. The van der Waals surface area contributed by atoms with E-state index < -0.39 is 5.60 Å². The summed E-state index contributed by atoms with van der Waals surface area (Å²) >= 11 is 0. The summed E-state index contributed by atoms with van der Waals surface area (Å²) in [5.74, 6) is -0.0127. The van der Waals surface area contributed by atoms with Gasteiger partial charge in [-0.25, -0.2) is 4.79 Å². The molecular formula is C17H23NO3. The zero-order valence-corrected chi connectivity index (χ0v) is 13.2. The van der Waals surface area contributed by atoms with Crippen molar-refractivity contribution in [2.75, 3.05) is 13.1 Å². The van der Waals surface area contributed by atoms with E-state index in [2.05, 4.69) is 0 Å². The SMILES string of the molecule is Cc1ccc(C(=O)C2CCN(C(=O)OC(C)(C)C)C2)cc1. The average Bonchev–Trinajstić information content (AvgIpc) is 2.86. The van der Waals surface area contributed by atoms with Crippen molar-refractivity contribution in [3.05, 3.63) is 35.4 Å². The minimum Gasteiger partial charge on any atom is -0.444 e. The molecule has 1 atom stereocenters. The summed E-state index contributed by atoms with van der Waals surface area (Å²) in [6.07, 6.45) is 0.369. The molecule has 1 aliphatic heterocycles. The molecule has 0 bridgehead atoms. The van der Waals surface area contributed by atoms with Gasteiger partial charge in [0.1, 0.15) is 5.60 Å². The van der Waals surface area contributed by atoms with Crippen LogP contribution < -0.4 is 0 Å². The number of aryl methyl sites for hydroxylation is 1. The van der Waals surface area contributed by atoms with E-state index in [1.165, 1.54) is 0 Å². The van der Waals surface area contributed by atoms with E-state index in [-0.39, 0.29) is 17.8 Å². The second kappa shape index (κ2) is 5.88. The summed E-state index contributed by atoms with van der Waals surface area (Å²) in [4.78, 5) is 26.1. The van der Waals surface area contributed by atoms with Crippen LogP contribution in [0.1, 0.15) is 43.1 Å². The lowest BCUT2D eigenvalue weighted by Gasteiger charge is -2.24. The van der Waals surface area contributed by atoms with Crippen LogP contribution in [0.25, 0.3) is 0 Å². The van der Waals surface area contributed by atoms with E-state index in [0.717, 1.165) is 11.1 Å². The number of amides is 1. The number of nitrogens with zero attached hydrogens (tertiary/aromatic N) is 1. The van der Waals surface area contributed by atoms with Crippen LogP contribution in [0.4, 0.5) is 4.79 Å². The minimum absolute atomic E-state index is 0.112. The number of Topliss-reactive ketones (excluding diaryl/α,β-unsaturated/α-hetero) is 1. The molecule has 21 heavy (non-hydrogen) atoms. The molecule has 1 fully saturated rings. The third-order valence-corrected chi connectivity index (χ3v) is 3.55. The van der Waals surface area contributed by atoms with E-state index >= 15 is 0 Å². The number of rotatable bonds is 2. The van der Waals surface area contributed by atoms with Crippen LogP contribution in [0, 0.1) is 12.8 Å². The Kier molecular flexibility index (Phi) is 4.35. The normalized spacial score (nSPS) is 18.7. The number of carbonyl (C=O) groups excluding carboxylic acids is 2. The molecule has 0 aliphatic carbocycles. The number of ether oxygens (including phenoxy) is 1. The van der Waals surface area contributed by atoms with Crippen LogP contribution in [0.5, 0.6) is 0 Å². The van der Waals surface area contributed by atoms with Crippen LogP contribution in [0.15, 0.2) is 24.3 Å². The molecule has 114 valence electrons. The van der Waals surface area contributed by atoms with E-state index in [9.17, 15) is 9.59 Å². The molecule has 0 aromatic heterocycles. The van der Waals surface area contributed by atoms with Crippen molar-refractivity contribution in [1.29, 1.82) is 0 Å². The summed E-state index contributed by atoms with van der Waals surface area (Å²) in [6.45, 7) is 8.55. The van der Waals surface area contributed by atoms with Gasteiger partial charge in [-0.05, 0) is 34.1 Å². The molecule has 4 nitrogen and oxygen atoms in total. The molecule has 1 heterocycles. The van der Waals surface area contributed by atoms with Crippen molar-refractivity contribution < 1.29 is 14.3 Å². The average molecular weight is 289 g/mol. The number of hydrogen-bond donors (Lipinski definition) is 0. The lowest BCUT2D eigenvalue weighted by molar-refractivity contribution is 0.0289. The maximum absolute atomic E-state index is 12.4. The molecule has 1 aromatic rings. The van der Waals surface area contributed by atoms with E-state index in [1.54, 1.807) is 4.90 Å². The molecule has 4 heteroatoms. The fourth-order valence-corrected chi connectivity index (χ4v) is 2.42. The Bertz CT molecular complexity index is 528. The van der Waals surface area contributed by atoms with Gasteiger partial charge in [0, 0.05) is 24.6 Å².